The topological polar surface area (TPSA) is 54.4 Å². The Morgan fingerprint density at radius 3 is 2.55 bits per heavy atom. The third kappa shape index (κ3) is 1.72. The molecule has 1 N–H and O–H groups in total. The Morgan fingerprint density at radius 2 is 1.77 bits per heavy atom. The number of aliphatic hydroxyl groups is 1. The van der Waals surface area contributed by atoms with E-state index in [1.54, 1.807) is 0 Å². The normalized spacial score (nSPS) is 51.0. The summed E-state index contributed by atoms with van der Waals surface area (Å²) in [5.74, 6) is 1.67. The average molecular weight is 302 g/mol. The molecule has 0 heterocycles. The van der Waals surface area contributed by atoms with Crippen molar-refractivity contribution in [3.63, 3.8) is 0 Å². The van der Waals surface area contributed by atoms with Crippen molar-refractivity contribution in [2.24, 2.45) is 28.6 Å². The largest absolute Gasteiger partial charge is 0.389 e. The second-order valence-corrected chi connectivity index (χ2v) is 8.52. The van der Waals surface area contributed by atoms with Crippen molar-refractivity contribution in [3.8, 4) is 0 Å². The van der Waals surface area contributed by atoms with Gasteiger partial charge in [0.05, 0.1) is 6.10 Å². The number of carbonyl (C=O) groups excluding carboxylic acids is 2. The first-order valence-corrected chi connectivity index (χ1v) is 8.80. The molecule has 0 unspecified atom stereocenters. The third-order valence-electron chi connectivity index (χ3n) is 7.67. The fraction of sp³-hybridized carbons (Fsp3) is 0.789. The molecule has 22 heavy (non-hydrogen) atoms. The number of aliphatic hydroxyl groups excluding tert-OH is 1. The van der Waals surface area contributed by atoms with Gasteiger partial charge >= 0.3 is 0 Å². The molecular formula is C19H26O3. The highest BCUT2D eigenvalue weighted by Crippen LogP contribution is 2.63. The fourth-order valence-electron chi connectivity index (χ4n) is 6.24. The van der Waals surface area contributed by atoms with E-state index in [1.165, 1.54) is 5.57 Å². The Morgan fingerprint density at radius 1 is 1.05 bits per heavy atom. The van der Waals surface area contributed by atoms with Gasteiger partial charge in [-0.25, -0.2) is 0 Å². The molecule has 120 valence electrons. The Kier molecular flexibility index (Phi) is 3.01. The standard InChI is InChI=1S/C19H26O3/c1-18-7-5-12(20)9-11(18)10-15(21)17-13-3-4-16(22)19(13,2)8-6-14(17)18/h10,13-15,17,21H,3-9H2,1-2H3/t13-,14-,15-,17-,18-,19-/m0/s1. The number of Topliss-reactive ketones (excluding diaryl/α,β-unsaturated/α-hetero) is 2. The maximum absolute atomic E-state index is 12.4. The lowest BCUT2D eigenvalue weighted by Gasteiger charge is -2.57. The molecule has 4 aliphatic rings. The molecule has 0 bridgehead atoms. The monoisotopic (exact) mass is 302 g/mol. The first-order chi connectivity index (χ1) is 10.4. The summed E-state index contributed by atoms with van der Waals surface area (Å²) in [5, 5.41) is 10.8. The minimum atomic E-state index is -0.477. The number of carbonyl (C=O) groups is 2. The van der Waals surface area contributed by atoms with Gasteiger partial charge in [-0.2, -0.15) is 0 Å². The molecule has 0 aromatic heterocycles. The summed E-state index contributed by atoms with van der Waals surface area (Å²) in [5.41, 5.74) is 1.02. The lowest BCUT2D eigenvalue weighted by atomic mass is 9.47. The van der Waals surface area contributed by atoms with E-state index in [-0.39, 0.29) is 16.7 Å². The maximum atomic E-state index is 12.4. The zero-order valence-electron chi connectivity index (χ0n) is 13.6. The molecule has 3 saturated carbocycles. The van der Waals surface area contributed by atoms with Crippen LogP contribution in [0, 0.1) is 28.6 Å². The van der Waals surface area contributed by atoms with E-state index in [0.29, 0.717) is 42.7 Å². The highest BCUT2D eigenvalue weighted by Gasteiger charge is 2.60. The third-order valence-corrected chi connectivity index (χ3v) is 7.67. The summed E-state index contributed by atoms with van der Waals surface area (Å²) in [4.78, 5) is 24.2. The summed E-state index contributed by atoms with van der Waals surface area (Å²) in [6, 6.07) is 0. The molecule has 4 rings (SSSR count). The van der Waals surface area contributed by atoms with Gasteiger partial charge in [0.15, 0.2) is 0 Å². The highest BCUT2D eigenvalue weighted by atomic mass is 16.3. The van der Waals surface area contributed by atoms with Gasteiger partial charge in [-0.15, -0.1) is 0 Å². The van der Waals surface area contributed by atoms with Crippen LogP contribution in [0.3, 0.4) is 0 Å². The van der Waals surface area contributed by atoms with Gasteiger partial charge in [0.2, 0.25) is 0 Å². The van der Waals surface area contributed by atoms with Gasteiger partial charge in [0, 0.05) is 24.7 Å². The van der Waals surface area contributed by atoms with Crippen LogP contribution in [0.4, 0.5) is 0 Å². The molecule has 0 aliphatic heterocycles. The van der Waals surface area contributed by atoms with Crippen LogP contribution >= 0.6 is 0 Å². The zero-order chi connectivity index (χ0) is 15.7. The average Bonchev–Trinajstić information content (AvgIpc) is 2.77. The second kappa shape index (κ2) is 4.53. The van der Waals surface area contributed by atoms with Crippen LogP contribution in [0.5, 0.6) is 0 Å². The van der Waals surface area contributed by atoms with Crippen molar-refractivity contribution in [1.29, 1.82) is 0 Å². The van der Waals surface area contributed by atoms with Crippen molar-refractivity contribution in [2.75, 3.05) is 0 Å². The molecule has 0 radical (unpaired) electrons. The van der Waals surface area contributed by atoms with Crippen molar-refractivity contribution in [2.45, 2.75) is 64.9 Å². The van der Waals surface area contributed by atoms with E-state index in [4.69, 9.17) is 0 Å². The number of allylic oxidation sites excluding steroid dienone is 1. The van der Waals surface area contributed by atoms with E-state index in [9.17, 15) is 14.7 Å². The number of hydrogen-bond acceptors (Lipinski definition) is 3. The summed E-state index contributed by atoms with van der Waals surface area (Å²) in [6.07, 6.45) is 7.22. The Bertz CT molecular complexity index is 577. The van der Waals surface area contributed by atoms with Gasteiger partial charge in [-0.3, -0.25) is 9.59 Å². The summed E-state index contributed by atoms with van der Waals surface area (Å²) in [7, 11) is 0. The van der Waals surface area contributed by atoms with Crippen LogP contribution in [0.15, 0.2) is 11.6 Å². The van der Waals surface area contributed by atoms with E-state index in [2.05, 4.69) is 13.8 Å². The minimum absolute atomic E-state index is 0.0603. The van der Waals surface area contributed by atoms with Crippen LogP contribution in [0.25, 0.3) is 0 Å². The number of fused-ring (bicyclic) bond motifs is 5. The van der Waals surface area contributed by atoms with E-state index < -0.39 is 6.10 Å². The number of ketones is 2. The predicted octanol–water partition coefficient (Wildman–Crippen LogP) is 3.06. The molecule has 0 aromatic rings. The molecule has 0 spiro atoms. The van der Waals surface area contributed by atoms with Crippen molar-refractivity contribution in [1.82, 2.24) is 0 Å². The Hall–Kier alpha value is -0.960. The minimum Gasteiger partial charge on any atom is -0.389 e. The molecule has 3 heteroatoms. The van der Waals surface area contributed by atoms with Crippen molar-refractivity contribution < 1.29 is 14.7 Å². The summed E-state index contributed by atoms with van der Waals surface area (Å²) >= 11 is 0. The molecule has 3 fully saturated rings. The molecule has 0 amide bonds. The number of hydrogen-bond donors (Lipinski definition) is 1. The quantitative estimate of drug-likeness (QED) is 0.700. The SMILES string of the molecule is C[C@]12CCC(=O)CC1=C[C@H](O)[C@@H]1[C@@H]2CC[C@]2(C)C(=O)CC[C@@H]12. The predicted molar refractivity (Wildman–Crippen MR) is 83.1 cm³/mol. The maximum Gasteiger partial charge on any atom is 0.139 e. The fourth-order valence-corrected chi connectivity index (χ4v) is 6.24. The first-order valence-electron chi connectivity index (χ1n) is 8.80. The molecular weight excluding hydrogens is 276 g/mol. The van der Waals surface area contributed by atoms with Gasteiger partial charge in [0.1, 0.15) is 11.6 Å². The van der Waals surface area contributed by atoms with Crippen molar-refractivity contribution in [3.05, 3.63) is 11.6 Å². The molecule has 4 aliphatic carbocycles. The molecule has 0 aromatic carbocycles. The van der Waals surface area contributed by atoms with Crippen LogP contribution in [-0.4, -0.2) is 22.8 Å². The van der Waals surface area contributed by atoms with Gasteiger partial charge < -0.3 is 5.11 Å². The molecule has 0 saturated heterocycles. The number of rotatable bonds is 0. The molecule has 6 atom stereocenters. The summed E-state index contributed by atoms with van der Waals surface area (Å²) in [6.45, 7) is 4.43. The van der Waals surface area contributed by atoms with Crippen LogP contribution in [-0.2, 0) is 9.59 Å². The van der Waals surface area contributed by atoms with Gasteiger partial charge in [-0.05, 0) is 48.9 Å². The Balaban J connectivity index is 1.76. The van der Waals surface area contributed by atoms with E-state index in [1.807, 2.05) is 6.08 Å². The first kappa shape index (κ1) is 14.6. The van der Waals surface area contributed by atoms with E-state index in [0.717, 1.165) is 25.7 Å². The van der Waals surface area contributed by atoms with E-state index >= 15 is 0 Å². The molecule has 3 nitrogen and oxygen atoms in total. The van der Waals surface area contributed by atoms with Crippen molar-refractivity contribution >= 4 is 11.6 Å². The summed E-state index contributed by atoms with van der Waals surface area (Å²) < 4.78 is 0. The second-order valence-electron chi connectivity index (χ2n) is 8.52. The van der Waals surface area contributed by atoms with Gasteiger partial charge in [0.25, 0.3) is 0 Å². The van der Waals surface area contributed by atoms with Gasteiger partial charge in [-0.1, -0.05) is 25.5 Å². The van der Waals surface area contributed by atoms with Crippen LogP contribution < -0.4 is 0 Å². The lowest BCUT2D eigenvalue weighted by molar-refractivity contribution is -0.136. The highest BCUT2D eigenvalue weighted by molar-refractivity contribution is 5.87. The van der Waals surface area contributed by atoms with Crippen LogP contribution in [0.2, 0.25) is 0 Å². The smallest absolute Gasteiger partial charge is 0.139 e. The zero-order valence-corrected chi connectivity index (χ0v) is 13.6. The lowest BCUT2D eigenvalue weighted by Crippen LogP contribution is -2.54. The Labute approximate surface area is 132 Å². The van der Waals surface area contributed by atoms with Crippen LogP contribution in [0.1, 0.15) is 58.8 Å².